The van der Waals surface area contributed by atoms with Crippen LogP contribution in [0.2, 0.25) is 0 Å². The van der Waals surface area contributed by atoms with Gasteiger partial charge in [-0.3, -0.25) is 19.8 Å². The quantitative estimate of drug-likeness (QED) is 0.391. The van der Waals surface area contributed by atoms with E-state index in [0.29, 0.717) is 0 Å². The SMILES string of the molecule is N[C@@H](CC(=O)NN[C@@H](Cc1ccccc1)C(=O)O)C(=O)O. The van der Waals surface area contributed by atoms with E-state index in [9.17, 15) is 14.4 Å². The van der Waals surface area contributed by atoms with E-state index in [1.165, 1.54) is 0 Å². The van der Waals surface area contributed by atoms with Crippen LogP contribution in [0.4, 0.5) is 0 Å². The zero-order chi connectivity index (χ0) is 15.8. The van der Waals surface area contributed by atoms with Crippen LogP contribution in [0.25, 0.3) is 0 Å². The highest BCUT2D eigenvalue weighted by Crippen LogP contribution is 2.03. The molecule has 0 bridgehead atoms. The Kier molecular flexibility index (Phi) is 6.31. The molecule has 8 heteroatoms. The summed E-state index contributed by atoms with van der Waals surface area (Å²) in [4.78, 5) is 33.0. The molecule has 1 aromatic rings. The van der Waals surface area contributed by atoms with Crippen molar-refractivity contribution in [3.63, 3.8) is 0 Å². The minimum absolute atomic E-state index is 0.168. The van der Waals surface area contributed by atoms with Gasteiger partial charge in [0, 0.05) is 6.42 Å². The van der Waals surface area contributed by atoms with Gasteiger partial charge >= 0.3 is 11.9 Å². The zero-order valence-corrected chi connectivity index (χ0v) is 11.2. The maximum Gasteiger partial charge on any atom is 0.322 e. The predicted octanol–water partition coefficient (Wildman–Crippen LogP) is -0.895. The molecule has 1 rings (SSSR count). The van der Waals surface area contributed by atoms with Gasteiger partial charge in [-0.1, -0.05) is 30.3 Å². The molecule has 114 valence electrons. The summed E-state index contributed by atoms with van der Waals surface area (Å²) in [6.45, 7) is 0. The molecular formula is C13H17N3O5. The van der Waals surface area contributed by atoms with Gasteiger partial charge in [0.1, 0.15) is 12.1 Å². The summed E-state index contributed by atoms with van der Waals surface area (Å²) in [5.74, 6) is -3.13. The number of rotatable bonds is 8. The number of hydrogen-bond donors (Lipinski definition) is 5. The molecule has 21 heavy (non-hydrogen) atoms. The standard InChI is InChI=1S/C13H17N3O5/c14-9(12(18)19)7-11(17)16-15-10(13(20)21)6-8-4-2-1-3-5-8/h1-5,9-10,15H,6-7,14H2,(H,16,17)(H,18,19)(H,20,21)/t9-,10-/m0/s1. The molecule has 1 amide bonds. The van der Waals surface area contributed by atoms with Crippen LogP contribution >= 0.6 is 0 Å². The molecular weight excluding hydrogens is 278 g/mol. The molecule has 2 atom stereocenters. The molecule has 0 heterocycles. The Morgan fingerprint density at radius 2 is 1.71 bits per heavy atom. The molecule has 0 aliphatic heterocycles. The summed E-state index contributed by atoms with van der Waals surface area (Å²) in [6.07, 6.45) is -0.276. The van der Waals surface area contributed by atoms with Crippen molar-refractivity contribution in [3.05, 3.63) is 35.9 Å². The number of carboxylic acid groups (broad SMARTS) is 2. The van der Waals surface area contributed by atoms with Crippen LogP contribution in [0, 0.1) is 0 Å². The lowest BCUT2D eigenvalue weighted by Crippen LogP contribution is -2.50. The number of benzene rings is 1. The number of nitrogens with two attached hydrogens (primary N) is 1. The molecule has 0 saturated carbocycles. The third-order valence-corrected chi connectivity index (χ3v) is 2.69. The summed E-state index contributed by atoms with van der Waals surface area (Å²) < 4.78 is 0. The topological polar surface area (TPSA) is 142 Å². The lowest BCUT2D eigenvalue weighted by molar-refractivity contribution is -0.142. The van der Waals surface area contributed by atoms with Crippen molar-refractivity contribution in [1.29, 1.82) is 0 Å². The Balaban J connectivity index is 2.50. The van der Waals surface area contributed by atoms with E-state index >= 15 is 0 Å². The molecule has 6 N–H and O–H groups in total. The molecule has 0 spiro atoms. The van der Waals surface area contributed by atoms with Gasteiger partial charge in [-0.05, 0) is 5.56 Å². The highest BCUT2D eigenvalue weighted by atomic mass is 16.4. The Bertz CT molecular complexity index is 506. The Morgan fingerprint density at radius 3 is 2.24 bits per heavy atom. The van der Waals surface area contributed by atoms with Gasteiger partial charge in [-0.2, -0.15) is 0 Å². The second-order valence-corrected chi connectivity index (χ2v) is 4.42. The number of carbonyl (C=O) groups excluding carboxylic acids is 1. The van der Waals surface area contributed by atoms with Crippen molar-refractivity contribution >= 4 is 17.8 Å². The van der Waals surface area contributed by atoms with E-state index in [0.717, 1.165) is 5.56 Å². The molecule has 1 aromatic carbocycles. The van der Waals surface area contributed by atoms with Crippen LogP contribution in [-0.2, 0) is 20.8 Å². The van der Waals surface area contributed by atoms with Crippen molar-refractivity contribution in [3.8, 4) is 0 Å². The molecule has 0 radical (unpaired) electrons. The molecule has 0 fully saturated rings. The highest BCUT2D eigenvalue weighted by Gasteiger charge is 2.20. The summed E-state index contributed by atoms with van der Waals surface area (Å²) in [7, 11) is 0. The maximum absolute atomic E-state index is 11.4. The van der Waals surface area contributed by atoms with Crippen LogP contribution in [0.3, 0.4) is 0 Å². The molecule has 0 unspecified atom stereocenters. The number of nitrogens with one attached hydrogen (secondary N) is 2. The van der Waals surface area contributed by atoms with Gasteiger partial charge in [0.2, 0.25) is 5.91 Å². The number of carboxylic acids is 2. The smallest absolute Gasteiger partial charge is 0.322 e. The normalized spacial score (nSPS) is 13.2. The lowest BCUT2D eigenvalue weighted by atomic mass is 10.1. The Labute approximate surface area is 120 Å². The minimum Gasteiger partial charge on any atom is -0.480 e. The van der Waals surface area contributed by atoms with Gasteiger partial charge in [0.15, 0.2) is 0 Å². The van der Waals surface area contributed by atoms with Crippen molar-refractivity contribution in [2.75, 3.05) is 0 Å². The average molecular weight is 295 g/mol. The number of carbonyl (C=O) groups is 3. The number of aliphatic carboxylic acids is 2. The summed E-state index contributed by atoms with van der Waals surface area (Å²) >= 11 is 0. The molecule has 0 aliphatic carbocycles. The van der Waals surface area contributed by atoms with E-state index in [-0.39, 0.29) is 6.42 Å². The van der Waals surface area contributed by atoms with Gasteiger partial charge < -0.3 is 15.9 Å². The van der Waals surface area contributed by atoms with Crippen LogP contribution in [-0.4, -0.2) is 40.1 Å². The third kappa shape index (κ3) is 6.02. The fourth-order valence-corrected chi connectivity index (χ4v) is 1.56. The monoisotopic (exact) mass is 295 g/mol. The first-order valence-corrected chi connectivity index (χ1v) is 6.19. The van der Waals surface area contributed by atoms with E-state index in [1.54, 1.807) is 24.3 Å². The number of hydrogen-bond acceptors (Lipinski definition) is 5. The number of hydrazine groups is 1. The summed E-state index contributed by atoms with van der Waals surface area (Å²) in [5.41, 5.74) is 10.5. The van der Waals surface area contributed by atoms with Crippen LogP contribution in [0.15, 0.2) is 30.3 Å². The van der Waals surface area contributed by atoms with Crippen LogP contribution in [0.5, 0.6) is 0 Å². The maximum atomic E-state index is 11.4. The van der Waals surface area contributed by atoms with Gasteiger partial charge in [0.25, 0.3) is 0 Å². The third-order valence-electron chi connectivity index (χ3n) is 2.69. The van der Waals surface area contributed by atoms with Crippen LogP contribution < -0.4 is 16.6 Å². The van der Waals surface area contributed by atoms with E-state index in [2.05, 4.69) is 10.9 Å². The minimum atomic E-state index is -1.33. The molecule has 0 aliphatic rings. The van der Waals surface area contributed by atoms with Gasteiger partial charge in [0.05, 0.1) is 6.42 Å². The average Bonchev–Trinajstić information content (AvgIpc) is 2.44. The molecule has 8 nitrogen and oxygen atoms in total. The second-order valence-electron chi connectivity index (χ2n) is 4.42. The fourth-order valence-electron chi connectivity index (χ4n) is 1.56. The first-order valence-electron chi connectivity index (χ1n) is 6.19. The molecule has 0 saturated heterocycles. The summed E-state index contributed by atoms with van der Waals surface area (Å²) in [5, 5.41) is 17.7. The number of amides is 1. The van der Waals surface area contributed by atoms with Crippen molar-refractivity contribution in [2.45, 2.75) is 24.9 Å². The highest BCUT2D eigenvalue weighted by molar-refractivity contribution is 5.84. The Hall–Kier alpha value is -2.45. The Morgan fingerprint density at radius 1 is 1.10 bits per heavy atom. The van der Waals surface area contributed by atoms with Crippen molar-refractivity contribution in [1.82, 2.24) is 10.9 Å². The predicted molar refractivity (Wildman–Crippen MR) is 73.1 cm³/mol. The van der Waals surface area contributed by atoms with E-state index in [4.69, 9.17) is 15.9 Å². The lowest BCUT2D eigenvalue weighted by Gasteiger charge is -2.16. The first-order chi connectivity index (χ1) is 9.90. The zero-order valence-electron chi connectivity index (χ0n) is 11.2. The second kappa shape index (κ2) is 7.98. The van der Waals surface area contributed by atoms with Crippen LogP contribution in [0.1, 0.15) is 12.0 Å². The molecule has 0 aromatic heterocycles. The van der Waals surface area contributed by atoms with E-state index in [1.807, 2.05) is 6.07 Å². The van der Waals surface area contributed by atoms with E-state index < -0.39 is 36.4 Å². The first kappa shape index (κ1) is 16.6. The fraction of sp³-hybridized carbons (Fsp3) is 0.308. The van der Waals surface area contributed by atoms with Gasteiger partial charge in [-0.25, -0.2) is 5.43 Å². The van der Waals surface area contributed by atoms with Crippen molar-refractivity contribution in [2.24, 2.45) is 5.73 Å². The summed E-state index contributed by atoms with van der Waals surface area (Å²) in [6, 6.07) is 6.53. The van der Waals surface area contributed by atoms with Crippen molar-refractivity contribution < 1.29 is 24.6 Å². The van der Waals surface area contributed by atoms with Gasteiger partial charge in [-0.15, -0.1) is 0 Å². The largest absolute Gasteiger partial charge is 0.480 e.